The lowest BCUT2D eigenvalue weighted by Gasteiger charge is -2.08. The Hall–Kier alpha value is -3.55. The molecule has 0 unspecified atom stereocenters. The molecular weight excluding hydrogens is 395 g/mol. The molecule has 4 rings (SSSR count). The molecule has 0 spiro atoms. The fourth-order valence-corrected chi connectivity index (χ4v) is 3.08. The molecule has 0 atom stereocenters. The first kappa shape index (κ1) is 19.8. The average molecular weight is 413 g/mol. The lowest BCUT2D eigenvalue weighted by Crippen LogP contribution is -2.16. The number of aryl methyl sites for hydroxylation is 2. The summed E-state index contributed by atoms with van der Waals surface area (Å²) in [7, 11) is 1.95. The van der Waals surface area contributed by atoms with E-state index in [0.29, 0.717) is 11.5 Å². The normalized spacial score (nSPS) is 11.6. The number of aromatic nitrogens is 3. The van der Waals surface area contributed by atoms with E-state index in [2.05, 4.69) is 46.1 Å². The second kappa shape index (κ2) is 7.70. The maximum Gasteiger partial charge on any atom is 0.573 e. The van der Waals surface area contributed by atoms with Crippen LogP contribution in [-0.4, -0.2) is 21.1 Å². The van der Waals surface area contributed by atoms with Gasteiger partial charge in [0.25, 0.3) is 5.89 Å². The Kier molecular flexibility index (Phi) is 5.07. The minimum absolute atomic E-state index is 0.285. The van der Waals surface area contributed by atoms with Gasteiger partial charge in [0.15, 0.2) is 0 Å². The molecule has 30 heavy (non-hydrogen) atoms. The second-order valence-corrected chi connectivity index (χ2v) is 6.99. The first-order valence-corrected chi connectivity index (χ1v) is 9.18. The van der Waals surface area contributed by atoms with Crippen molar-refractivity contribution in [2.45, 2.75) is 19.7 Å². The lowest BCUT2D eigenvalue weighted by atomic mass is 10.1. The van der Waals surface area contributed by atoms with Crippen LogP contribution in [0, 0.1) is 6.92 Å². The Balaban J connectivity index is 1.52. The monoisotopic (exact) mass is 413 g/mol. The van der Waals surface area contributed by atoms with E-state index in [9.17, 15) is 13.2 Å². The van der Waals surface area contributed by atoms with E-state index < -0.39 is 6.36 Å². The van der Waals surface area contributed by atoms with Gasteiger partial charge in [-0.3, -0.25) is 0 Å². The van der Waals surface area contributed by atoms with E-state index in [1.54, 1.807) is 0 Å². The quantitative estimate of drug-likeness (QED) is 0.431. The first-order chi connectivity index (χ1) is 14.3. The predicted octanol–water partition coefficient (Wildman–Crippen LogP) is 5.54. The molecular formula is C22H18F3N3O2. The largest absolute Gasteiger partial charge is 0.573 e. The third-order valence-electron chi connectivity index (χ3n) is 4.63. The summed E-state index contributed by atoms with van der Waals surface area (Å²) in [6.45, 7) is 2.05. The highest BCUT2D eigenvalue weighted by Crippen LogP contribution is 2.28. The summed E-state index contributed by atoms with van der Waals surface area (Å²) in [6, 6.07) is 15.6. The molecule has 0 N–H and O–H groups in total. The number of benzene rings is 2. The number of hydrogen-bond donors (Lipinski definition) is 0. The molecule has 0 aliphatic carbocycles. The SMILES string of the molecule is Cc1ccc(Cc2cc(-c3nc(-c4ccc(OC(F)(F)F)cc4)no3)cn2C)cc1. The van der Waals surface area contributed by atoms with E-state index >= 15 is 0 Å². The number of hydrogen-bond acceptors (Lipinski definition) is 4. The third-order valence-corrected chi connectivity index (χ3v) is 4.63. The zero-order valence-electron chi connectivity index (χ0n) is 16.3. The Morgan fingerprint density at radius 3 is 2.37 bits per heavy atom. The van der Waals surface area contributed by atoms with E-state index in [1.165, 1.54) is 35.4 Å². The molecule has 5 nitrogen and oxygen atoms in total. The van der Waals surface area contributed by atoms with E-state index in [1.807, 2.05) is 23.9 Å². The summed E-state index contributed by atoms with van der Waals surface area (Å²) in [6.07, 6.45) is -2.07. The zero-order chi connectivity index (χ0) is 21.3. The minimum atomic E-state index is -4.73. The summed E-state index contributed by atoms with van der Waals surface area (Å²) in [5.74, 6) is 0.317. The lowest BCUT2D eigenvalue weighted by molar-refractivity contribution is -0.274. The highest BCUT2D eigenvalue weighted by molar-refractivity contribution is 5.60. The number of halogens is 3. The summed E-state index contributed by atoms with van der Waals surface area (Å²) >= 11 is 0. The highest BCUT2D eigenvalue weighted by Gasteiger charge is 2.31. The van der Waals surface area contributed by atoms with Crippen LogP contribution in [0.15, 0.2) is 65.3 Å². The molecule has 2 heterocycles. The Morgan fingerprint density at radius 1 is 1.00 bits per heavy atom. The first-order valence-electron chi connectivity index (χ1n) is 9.18. The van der Waals surface area contributed by atoms with Gasteiger partial charge in [-0.2, -0.15) is 4.98 Å². The molecule has 0 aliphatic heterocycles. The van der Waals surface area contributed by atoms with Gasteiger partial charge >= 0.3 is 6.36 Å². The van der Waals surface area contributed by atoms with Crippen molar-refractivity contribution in [3.05, 3.63) is 77.6 Å². The molecule has 8 heteroatoms. The van der Waals surface area contributed by atoms with Crippen LogP contribution in [0.3, 0.4) is 0 Å². The number of rotatable bonds is 5. The van der Waals surface area contributed by atoms with E-state index in [4.69, 9.17) is 4.52 Å². The van der Waals surface area contributed by atoms with E-state index in [0.717, 1.165) is 17.7 Å². The summed E-state index contributed by atoms with van der Waals surface area (Å²) < 4.78 is 48.1. The maximum absolute atomic E-state index is 12.3. The van der Waals surface area contributed by atoms with Gasteiger partial charge in [-0.15, -0.1) is 13.2 Å². The standard InChI is InChI=1S/C22H18F3N3O2/c1-14-3-5-15(6-4-14)11-18-12-17(13-28(18)2)21-26-20(27-30-21)16-7-9-19(10-8-16)29-22(23,24)25/h3-10,12-13H,11H2,1-2H3. The third kappa shape index (κ3) is 4.53. The van der Waals surface area contributed by atoms with Crippen LogP contribution >= 0.6 is 0 Å². The molecule has 0 amide bonds. The van der Waals surface area contributed by atoms with Gasteiger partial charge in [-0.25, -0.2) is 0 Å². The van der Waals surface area contributed by atoms with Gasteiger partial charge in [-0.05, 0) is 42.8 Å². The molecule has 0 fully saturated rings. The van der Waals surface area contributed by atoms with Crippen molar-refractivity contribution in [3.63, 3.8) is 0 Å². The number of alkyl halides is 3. The molecule has 0 bridgehead atoms. The fraction of sp³-hybridized carbons (Fsp3) is 0.182. The van der Waals surface area contributed by atoms with Crippen LogP contribution in [0.25, 0.3) is 22.8 Å². The van der Waals surface area contributed by atoms with Crippen LogP contribution in [0.2, 0.25) is 0 Å². The molecule has 2 aromatic heterocycles. The Labute approximate surface area is 170 Å². The van der Waals surface area contributed by atoms with Gasteiger partial charge in [0.2, 0.25) is 5.82 Å². The Morgan fingerprint density at radius 2 is 1.70 bits per heavy atom. The zero-order valence-corrected chi connectivity index (χ0v) is 16.3. The summed E-state index contributed by atoms with van der Waals surface area (Å²) in [4.78, 5) is 4.37. The minimum Gasteiger partial charge on any atom is -0.406 e. The molecule has 2 aromatic carbocycles. The van der Waals surface area contributed by atoms with Crippen LogP contribution in [0.1, 0.15) is 16.8 Å². The van der Waals surface area contributed by atoms with Crippen molar-refractivity contribution in [3.8, 4) is 28.6 Å². The molecule has 0 saturated heterocycles. The predicted molar refractivity (Wildman–Crippen MR) is 105 cm³/mol. The van der Waals surface area contributed by atoms with Crippen LogP contribution in [-0.2, 0) is 13.5 Å². The van der Waals surface area contributed by atoms with E-state index in [-0.39, 0.29) is 11.6 Å². The van der Waals surface area contributed by atoms with Crippen molar-refractivity contribution in [1.82, 2.24) is 14.7 Å². The summed E-state index contributed by atoms with van der Waals surface area (Å²) in [5, 5.41) is 3.94. The number of nitrogens with zero attached hydrogens (tertiary/aromatic N) is 3. The van der Waals surface area contributed by atoms with Gasteiger partial charge in [0.05, 0.1) is 5.56 Å². The maximum atomic E-state index is 12.3. The molecule has 4 aromatic rings. The Bertz CT molecular complexity index is 1140. The second-order valence-electron chi connectivity index (χ2n) is 6.99. The van der Waals surface area contributed by atoms with Crippen molar-refractivity contribution >= 4 is 0 Å². The average Bonchev–Trinajstić information content (AvgIpc) is 3.30. The highest BCUT2D eigenvalue weighted by atomic mass is 19.4. The van der Waals surface area contributed by atoms with Gasteiger partial charge in [0, 0.05) is 30.9 Å². The molecule has 154 valence electrons. The van der Waals surface area contributed by atoms with Crippen molar-refractivity contribution in [1.29, 1.82) is 0 Å². The van der Waals surface area contributed by atoms with Gasteiger partial charge in [-0.1, -0.05) is 35.0 Å². The molecule has 0 radical (unpaired) electrons. The van der Waals surface area contributed by atoms with Crippen LogP contribution in [0.5, 0.6) is 5.75 Å². The fourth-order valence-electron chi connectivity index (χ4n) is 3.08. The van der Waals surface area contributed by atoms with Crippen molar-refractivity contribution < 1.29 is 22.4 Å². The van der Waals surface area contributed by atoms with Crippen molar-refractivity contribution in [2.24, 2.45) is 7.05 Å². The van der Waals surface area contributed by atoms with Gasteiger partial charge < -0.3 is 13.8 Å². The van der Waals surface area contributed by atoms with Crippen molar-refractivity contribution in [2.75, 3.05) is 0 Å². The topological polar surface area (TPSA) is 53.1 Å². The van der Waals surface area contributed by atoms with Crippen LogP contribution in [0.4, 0.5) is 13.2 Å². The van der Waals surface area contributed by atoms with Gasteiger partial charge in [0.1, 0.15) is 5.75 Å². The molecule has 0 aliphatic rings. The molecule has 0 saturated carbocycles. The number of ether oxygens (including phenoxy) is 1. The van der Waals surface area contributed by atoms with Crippen LogP contribution < -0.4 is 4.74 Å². The summed E-state index contributed by atoms with van der Waals surface area (Å²) in [5.41, 5.74) is 4.79. The smallest absolute Gasteiger partial charge is 0.406 e.